The van der Waals surface area contributed by atoms with Crippen molar-refractivity contribution >= 4 is 12.1 Å². The highest BCUT2D eigenvalue weighted by atomic mass is 16.1. The number of aromatic amines is 1. The van der Waals surface area contributed by atoms with Crippen LogP contribution in [0.2, 0.25) is 0 Å². The number of hydrogen-bond donors (Lipinski definition) is 1. The molecule has 0 aliphatic heterocycles. The monoisotopic (exact) mass is 217 g/mol. The molecule has 0 saturated carbocycles. The van der Waals surface area contributed by atoms with E-state index in [1.807, 2.05) is 6.92 Å². The highest BCUT2D eigenvalue weighted by Gasteiger charge is 2.16. The zero-order valence-electron chi connectivity index (χ0n) is 9.02. The highest BCUT2D eigenvalue weighted by molar-refractivity contribution is 6.08. The van der Waals surface area contributed by atoms with Gasteiger partial charge in [-0.05, 0) is 19.1 Å². The van der Waals surface area contributed by atoms with Gasteiger partial charge in [0, 0.05) is 12.7 Å². The average molecular weight is 217 g/mol. The molecule has 0 saturated heterocycles. The fraction of sp³-hybridized carbons (Fsp3) is 0.182. The van der Waals surface area contributed by atoms with Crippen LogP contribution in [-0.4, -0.2) is 26.8 Å². The van der Waals surface area contributed by atoms with Crippen molar-refractivity contribution in [3.63, 3.8) is 0 Å². The van der Waals surface area contributed by atoms with Gasteiger partial charge in [-0.3, -0.25) is 14.3 Å². The van der Waals surface area contributed by atoms with Gasteiger partial charge in [0.15, 0.2) is 6.29 Å². The van der Waals surface area contributed by atoms with Crippen LogP contribution < -0.4 is 0 Å². The van der Waals surface area contributed by atoms with Crippen molar-refractivity contribution in [3.8, 4) is 0 Å². The van der Waals surface area contributed by atoms with Crippen LogP contribution in [0.3, 0.4) is 0 Å². The molecule has 5 heteroatoms. The third kappa shape index (κ3) is 1.56. The summed E-state index contributed by atoms with van der Waals surface area (Å²) in [5.74, 6) is -0.154. The van der Waals surface area contributed by atoms with E-state index in [2.05, 4.69) is 10.1 Å². The Hall–Kier alpha value is -2.17. The lowest BCUT2D eigenvalue weighted by molar-refractivity contribution is 0.103. The van der Waals surface area contributed by atoms with Crippen LogP contribution in [-0.2, 0) is 7.05 Å². The first-order chi connectivity index (χ1) is 7.63. The first-order valence-corrected chi connectivity index (χ1v) is 4.81. The number of rotatable bonds is 3. The Morgan fingerprint density at radius 2 is 2.25 bits per heavy atom. The van der Waals surface area contributed by atoms with Crippen molar-refractivity contribution in [2.45, 2.75) is 6.92 Å². The van der Waals surface area contributed by atoms with E-state index in [0.29, 0.717) is 23.2 Å². The zero-order chi connectivity index (χ0) is 11.7. The number of aromatic nitrogens is 3. The molecule has 0 amide bonds. The summed E-state index contributed by atoms with van der Waals surface area (Å²) in [7, 11) is 1.78. The number of carbonyl (C=O) groups is 2. The minimum absolute atomic E-state index is 0.154. The number of aryl methyl sites for hydroxylation is 1. The second-order valence-electron chi connectivity index (χ2n) is 3.54. The van der Waals surface area contributed by atoms with Gasteiger partial charge in [0.25, 0.3) is 0 Å². The van der Waals surface area contributed by atoms with Crippen LogP contribution in [0.15, 0.2) is 18.3 Å². The number of nitrogens with one attached hydrogen (secondary N) is 1. The van der Waals surface area contributed by atoms with E-state index in [0.717, 1.165) is 5.69 Å². The van der Waals surface area contributed by atoms with Crippen molar-refractivity contribution in [2.24, 2.45) is 7.05 Å². The van der Waals surface area contributed by atoms with Crippen LogP contribution >= 0.6 is 0 Å². The Bertz CT molecular complexity index is 551. The van der Waals surface area contributed by atoms with Crippen molar-refractivity contribution < 1.29 is 9.59 Å². The van der Waals surface area contributed by atoms with E-state index in [4.69, 9.17) is 0 Å². The van der Waals surface area contributed by atoms with E-state index in [1.54, 1.807) is 23.9 Å². The predicted molar refractivity (Wildman–Crippen MR) is 57.6 cm³/mol. The molecule has 0 fully saturated rings. The van der Waals surface area contributed by atoms with Gasteiger partial charge in [0.05, 0.1) is 23.1 Å². The maximum absolute atomic E-state index is 12.0. The second-order valence-corrected chi connectivity index (χ2v) is 3.54. The summed E-state index contributed by atoms with van der Waals surface area (Å²) in [6, 6.07) is 3.17. The van der Waals surface area contributed by atoms with Gasteiger partial charge < -0.3 is 4.98 Å². The molecule has 0 aliphatic carbocycles. The molecular formula is C11H11N3O2. The second kappa shape index (κ2) is 3.77. The number of nitrogens with zero attached hydrogens (tertiary/aromatic N) is 2. The largest absolute Gasteiger partial charge is 0.350 e. The van der Waals surface area contributed by atoms with E-state index in [9.17, 15) is 9.59 Å². The molecule has 0 spiro atoms. The maximum atomic E-state index is 12.0. The third-order valence-electron chi connectivity index (χ3n) is 2.56. The van der Waals surface area contributed by atoms with E-state index < -0.39 is 0 Å². The molecule has 0 atom stereocenters. The molecule has 5 nitrogen and oxygen atoms in total. The molecular weight excluding hydrogens is 206 g/mol. The molecule has 1 N–H and O–H groups in total. The Kier molecular flexibility index (Phi) is 2.44. The van der Waals surface area contributed by atoms with Gasteiger partial charge in [-0.15, -0.1) is 0 Å². The summed E-state index contributed by atoms with van der Waals surface area (Å²) in [4.78, 5) is 25.2. The van der Waals surface area contributed by atoms with E-state index in [-0.39, 0.29) is 5.78 Å². The summed E-state index contributed by atoms with van der Waals surface area (Å²) >= 11 is 0. The fourth-order valence-electron chi connectivity index (χ4n) is 1.48. The number of aldehydes is 1. The third-order valence-corrected chi connectivity index (χ3v) is 2.56. The molecule has 0 bridgehead atoms. The normalized spacial score (nSPS) is 10.4. The molecule has 16 heavy (non-hydrogen) atoms. The smallest absolute Gasteiger partial charge is 0.212 e. The van der Waals surface area contributed by atoms with Crippen LogP contribution in [0.5, 0.6) is 0 Å². The zero-order valence-corrected chi connectivity index (χ0v) is 9.02. The van der Waals surface area contributed by atoms with Gasteiger partial charge in [-0.1, -0.05) is 0 Å². The first-order valence-electron chi connectivity index (χ1n) is 4.81. The molecule has 82 valence electrons. The predicted octanol–water partition coefficient (Wildman–Crippen LogP) is 1.10. The molecule has 2 heterocycles. The summed E-state index contributed by atoms with van der Waals surface area (Å²) in [5, 5.41) is 4.00. The van der Waals surface area contributed by atoms with Crippen LogP contribution in [0.4, 0.5) is 0 Å². The van der Waals surface area contributed by atoms with Crippen molar-refractivity contribution in [1.29, 1.82) is 0 Å². The van der Waals surface area contributed by atoms with Gasteiger partial charge in [-0.2, -0.15) is 5.10 Å². The number of H-pyrrole nitrogens is 1. The molecule has 0 radical (unpaired) electrons. The molecule has 2 aromatic rings. The first kappa shape index (κ1) is 10.4. The van der Waals surface area contributed by atoms with Crippen molar-refractivity contribution in [2.75, 3.05) is 0 Å². The van der Waals surface area contributed by atoms with Crippen LogP contribution in [0.25, 0.3) is 0 Å². The Morgan fingerprint density at radius 1 is 1.50 bits per heavy atom. The fourth-order valence-corrected chi connectivity index (χ4v) is 1.48. The lowest BCUT2D eigenvalue weighted by Gasteiger charge is -1.97. The Labute approximate surface area is 92.1 Å². The summed E-state index contributed by atoms with van der Waals surface area (Å²) in [6.45, 7) is 1.82. The van der Waals surface area contributed by atoms with Gasteiger partial charge >= 0.3 is 0 Å². The lowest BCUT2D eigenvalue weighted by atomic mass is 10.1. The summed E-state index contributed by atoms with van der Waals surface area (Å²) in [5.41, 5.74) is 2.14. The molecule has 2 aromatic heterocycles. The number of carbonyl (C=O) groups excluding carboxylic acids is 2. The van der Waals surface area contributed by atoms with Crippen molar-refractivity contribution in [1.82, 2.24) is 14.8 Å². The molecule has 2 rings (SSSR count). The summed E-state index contributed by atoms with van der Waals surface area (Å²) in [6.07, 6.45) is 2.20. The molecule has 0 unspecified atom stereocenters. The van der Waals surface area contributed by atoms with Gasteiger partial charge in [-0.25, -0.2) is 0 Å². The maximum Gasteiger partial charge on any atom is 0.212 e. The van der Waals surface area contributed by atoms with Crippen LogP contribution in [0.1, 0.15) is 32.2 Å². The minimum Gasteiger partial charge on any atom is -0.350 e. The van der Waals surface area contributed by atoms with E-state index in [1.165, 1.54) is 6.20 Å². The van der Waals surface area contributed by atoms with Crippen LogP contribution in [0, 0.1) is 6.92 Å². The quantitative estimate of drug-likeness (QED) is 0.618. The number of hydrogen-bond acceptors (Lipinski definition) is 3. The SMILES string of the molecule is Cc1c(C(=O)c2ccc(C=O)[nH]2)cnn1C. The number of ketones is 1. The molecule has 0 aliphatic rings. The summed E-state index contributed by atoms with van der Waals surface area (Å²) < 4.78 is 1.64. The lowest BCUT2D eigenvalue weighted by Crippen LogP contribution is -2.04. The molecule has 0 aromatic carbocycles. The Balaban J connectivity index is 2.38. The van der Waals surface area contributed by atoms with E-state index >= 15 is 0 Å². The topological polar surface area (TPSA) is 67.8 Å². The minimum atomic E-state index is -0.154. The van der Waals surface area contributed by atoms with Crippen molar-refractivity contribution in [3.05, 3.63) is 41.0 Å². The standard InChI is InChI=1S/C11H11N3O2/c1-7-9(5-12-14(7)2)11(16)10-4-3-8(6-15)13-10/h3-6,13H,1-2H3. The Morgan fingerprint density at radius 3 is 2.75 bits per heavy atom. The average Bonchev–Trinajstić information content (AvgIpc) is 2.87. The van der Waals surface area contributed by atoms with Gasteiger partial charge in [0.2, 0.25) is 5.78 Å². The van der Waals surface area contributed by atoms with Gasteiger partial charge in [0.1, 0.15) is 0 Å². The highest BCUT2D eigenvalue weighted by Crippen LogP contribution is 2.12.